The minimum atomic E-state index is 0.382. The number of hydrogen-bond donors (Lipinski definition) is 1. The summed E-state index contributed by atoms with van der Waals surface area (Å²) < 4.78 is 0. The van der Waals surface area contributed by atoms with Crippen molar-refractivity contribution in [1.82, 2.24) is 4.90 Å². The Bertz CT molecular complexity index is 189. The van der Waals surface area contributed by atoms with Crippen LogP contribution in [0.5, 0.6) is 0 Å². The van der Waals surface area contributed by atoms with Gasteiger partial charge in [0.1, 0.15) is 0 Å². The molecule has 0 bridgehead atoms. The third-order valence-corrected chi connectivity index (χ3v) is 4.61. The summed E-state index contributed by atoms with van der Waals surface area (Å²) in [5.74, 6) is 0.925. The van der Waals surface area contributed by atoms with Crippen LogP contribution in [0.3, 0.4) is 0 Å². The van der Waals surface area contributed by atoms with Crippen molar-refractivity contribution in [2.75, 3.05) is 19.6 Å². The molecule has 0 amide bonds. The predicted molar refractivity (Wildman–Crippen MR) is 64.8 cm³/mol. The molecule has 1 heterocycles. The van der Waals surface area contributed by atoms with Gasteiger partial charge in [-0.25, -0.2) is 0 Å². The quantitative estimate of drug-likeness (QED) is 0.758. The molecule has 15 heavy (non-hydrogen) atoms. The van der Waals surface area contributed by atoms with Gasteiger partial charge in [0.15, 0.2) is 0 Å². The van der Waals surface area contributed by atoms with Crippen molar-refractivity contribution >= 4 is 0 Å². The van der Waals surface area contributed by atoms with Crippen molar-refractivity contribution < 1.29 is 0 Å². The lowest BCUT2D eigenvalue weighted by Gasteiger charge is -2.48. The molecular weight excluding hydrogens is 184 g/mol. The fourth-order valence-electron chi connectivity index (χ4n) is 3.32. The van der Waals surface area contributed by atoms with E-state index in [1.807, 2.05) is 0 Å². The second-order valence-electron chi connectivity index (χ2n) is 5.66. The summed E-state index contributed by atoms with van der Waals surface area (Å²) in [6.07, 6.45) is 9.64. The fourth-order valence-corrected chi connectivity index (χ4v) is 3.32. The molecule has 1 saturated carbocycles. The van der Waals surface area contributed by atoms with Gasteiger partial charge in [0, 0.05) is 12.1 Å². The Morgan fingerprint density at radius 1 is 1.13 bits per heavy atom. The van der Waals surface area contributed by atoms with E-state index < -0.39 is 0 Å². The Kier molecular flexibility index (Phi) is 3.68. The summed E-state index contributed by atoms with van der Waals surface area (Å²) in [7, 11) is 0. The molecule has 0 aromatic heterocycles. The lowest BCUT2D eigenvalue weighted by molar-refractivity contribution is 0.0297. The van der Waals surface area contributed by atoms with Gasteiger partial charge in [-0.05, 0) is 57.5 Å². The van der Waals surface area contributed by atoms with Crippen molar-refractivity contribution in [1.29, 1.82) is 0 Å². The molecule has 1 aliphatic carbocycles. The minimum absolute atomic E-state index is 0.382. The van der Waals surface area contributed by atoms with Crippen LogP contribution in [0.15, 0.2) is 0 Å². The molecule has 88 valence electrons. The first-order chi connectivity index (χ1) is 7.27. The van der Waals surface area contributed by atoms with Gasteiger partial charge in [-0.15, -0.1) is 0 Å². The van der Waals surface area contributed by atoms with Crippen LogP contribution in [-0.4, -0.2) is 30.1 Å². The highest BCUT2D eigenvalue weighted by molar-refractivity contribution is 4.96. The molecule has 1 aliphatic heterocycles. The largest absolute Gasteiger partial charge is 0.329 e. The average molecular weight is 210 g/mol. The molecule has 2 fully saturated rings. The molecule has 2 heteroatoms. The number of nitrogens with zero attached hydrogens (tertiary/aromatic N) is 1. The van der Waals surface area contributed by atoms with Crippen LogP contribution in [0.4, 0.5) is 0 Å². The van der Waals surface area contributed by atoms with Crippen molar-refractivity contribution in [2.24, 2.45) is 11.7 Å². The SMILES string of the molecule is CC1CCC(CN)(N2CCCCC2)CC1. The van der Waals surface area contributed by atoms with E-state index in [-0.39, 0.29) is 0 Å². The highest BCUT2D eigenvalue weighted by Gasteiger charge is 2.38. The van der Waals surface area contributed by atoms with E-state index in [9.17, 15) is 0 Å². The molecule has 0 aromatic rings. The van der Waals surface area contributed by atoms with E-state index in [0.717, 1.165) is 12.5 Å². The molecule has 2 rings (SSSR count). The predicted octanol–water partition coefficient (Wildman–Crippen LogP) is 2.38. The van der Waals surface area contributed by atoms with E-state index in [2.05, 4.69) is 11.8 Å². The lowest BCUT2D eigenvalue weighted by atomic mass is 9.75. The number of rotatable bonds is 2. The number of piperidine rings is 1. The average Bonchev–Trinajstić information content (AvgIpc) is 2.32. The van der Waals surface area contributed by atoms with Crippen LogP contribution < -0.4 is 5.73 Å². The molecule has 0 radical (unpaired) electrons. The van der Waals surface area contributed by atoms with E-state index in [4.69, 9.17) is 5.73 Å². The normalized spacial score (nSPS) is 39.2. The van der Waals surface area contributed by atoms with Crippen molar-refractivity contribution in [3.63, 3.8) is 0 Å². The van der Waals surface area contributed by atoms with E-state index >= 15 is 0 Å². The van der Waals surface area contributed by atoms with Crippen LogP contribution >= 0.6 is 0 Å². The molecular formula is C13H26N2. The molecule has 0 aromatic carbocycles. The van der Waals surface area contributed by atoms with Gasteiger partial charge in [-0.2, -0.15) is 0 Å². The molecule has 2 nitrogen and oxygen atoms in total. The maximum absolute atomic E-state index is 6.07. The maximum Gasteiger partial charge on any atom is 0.0331 e. The van der Waals surface area contributed by atoms with Crippen LogP contribution in [0, 0.1) is 5.92 Å². The Labute approximate surface area is 94.2 Å². The zero-order valence-corrected chi connectivity index (χ0v) is 10.2. The molecule has 2 aliphatic rings. The number of hydrogen-bond acceptors (Lipinski definition) is 2. The van der Waals surface area contributed by atoms with Gasteiger partial charge in [0.25, 0.3) is 0 Å². The third-order valence-electron chi connectivity index (χ3n) is 4.61. The van der Waals surface area contributed by atoms with Gasteiger partial charge in [-0.1, -0.05) is 13.3 Å². The van der Waals surface area contributed by atoms with Crippen LogP contribution in [0.2, 0.25) is 0 Å². The summed E-state index contributed by atoms with van der Waals surface area (Å²) in [5.41, 5.74) is 6.45. The minimum Gasteiger partial charge on any atom is -0.329 e. The zero-order valence-electron chi connectivity index (χ0n) is 10.2. The lowest BCUT2D eigenvalue weighted by Crippen LogP contribution is -2.57. The highest BCUT2D eigenvalue weighted by Crippen LogP contribution is 2.37. The van der Waals surface area contributed by atoms with E-state index in [1.165, 1.54) is 58.0 Å². The summed E-state index contributed by atoms with van der Waals surface area (Å²) in [6, 6.07) is 0. The summed E-state index contributed by atoms with van der Waals surface area (Å²) in [5, 5.41) is 0. The molecule has 0 atom stereocenters. The van der Waals surface area contributed by atoms with Gasteiger partial charge < -0.3 is 5.73 Å². The van der Waals surface area contributed by atoms with Gasteiger partial charge in [-0.3, -0.25) is 4.90 Å². The van der Waals surface area contributed by atoms with Crippen molar-refractivity contribution in [2.45, 2.75) is 57.4 Å². The second-order valence-corrected chi connectivity index (χ2v) is 5.66. The van der Waals surface area contributed by atoms with Gasteiger partial charge in [0.05, 0.1) is 0 Å². The molecule has 0 spiro atoms. The Balaban J connectivity index is 2.00. The van der Waals surface area contributed by atoms with Gasteiger partial charge >= 0.3 is 0 Å². The highest BCUT2D eigenvalue weighted by atomic mass is 15.2. The number of likely N-dealkylation sites (tertiary alicyclic amines) is 1. The summed E-state index contributed by atoms with van der Waals surface area (Å²) in [4.78, 5) is 2.71. The Morgan fingerprint density at radius 2 is 1.73 bits per heavy atom. The maximum atomic E-state index is 6.07. The zero-order chi connectivity index (χ0) is 10.7. The fraction of sp³-hybridized carbons (Fsp3) is 1.00. The standard InChI is InChI=1S/C13H26N2/c1-12-5-7-13(11-14,8-6-12)15-9-3-2-4-10-15/h12H,2-11,14H2,1H3. The Morgan fingerprint density at radius 3 is 2.27 bits per heavy atom. The molecule has 1 saturated heterocycles. The topological polar surface area (TPSA) is 29.3 Å². The first kappa shape index (κ1) is 11.4. The van der Waals surface area contributed by atoms with E-state index in [0.29, 0.717) is 5.54 Å². The van der Waals surface area contributed by atoms with E-state index in [1.54, 1.807) is 0 Å². The second kappa shape index (κ2) is 4.84. The number of nitrogens with two attached hydrogens (primary N) is 1. The first-order valence-corrected chi connectivity index (χ1v) is 6.72. The van der Waals surface area contributed by atoms with Gasteiger partial charge in [0.2, 0.25) is 0 Å². The molecule has 2 N–H and O–H groups in total. The summed E-state index contributed by atoms with van der Waals surface area (Å²) >= 11 is 0. The van der Waals surface area contributed by atoms with Crippen LogP contribution in [0.1, 0.15) is 51.9 Å². The monoisotopic (exact) mass is 210 g/mol. The van der Waals surface area contributed by atoms with Crippen LogP contribution in [-0.2, 0) is 0 Å². The molecule has 0 unspecified atom stereocenters. The smallest absolute Gasteiger partial charge is 0.0331 e. The van der Waals surface area contributed by atoms with Crippen molar-refractivity contribution in [3.05, 3.63) is 0 Å². The summed E-state index contributed by atoms with van der Waals surface area (Å²) in [6.45, 7) is 5.85. The first-order valence-electron chi connectivity index (χ1n) is 6.72. The third kappa shape index (κ3) is 2.36. The van der Waals surface area contributed by atoms with Crippen molar-refractivity contribution in [3.8, 4) is 0 Å². The van der Waals surface area contributed by atoms with Crippen LogP contribution in [0.25, 0.3) is 0 Å². The Hall–Kier alpha value is -0.0800.